The highest BCUT2D eigenvalue weighted by Gasteiger charge is 2.30. The largest absolute Gasteiger partial charge is 0.487 e. The number of benzene rings is 1. The molecule has 108 valence electrons. The molecule has 1 nitrogen and oxygen atoms in total. The highest BCUT2D eigenvalue weighted by atomic mass is 79.9. The first-order valence-corrected chi connectivity index (χ1v) is 9.56. The highest BCUT2D eigenvalue weighted by molar-refractivity contribution is 9.09. The predicted octanol–water partition coefficient (Wildman–Crippen LogP) is 6.16. The fourth-order valence-corrected chi connectivity index (χ4v) is 5.68. The fraction of sp³-hybridized carbons (Fsp3) is 0.294. The lowest BCUT2D eigenvalue weighted by molar-refractivity contribution is 0.138. The molecule has 21 heavy (non-hydrogen) atoms. The molecular weight excluding hydrogens is 364 g/mol. The second-order valence-corrected chi connectivity index (χ2v) is 9.04. The topological polar surface area (TPSA) is 9.23 Å². The molecule has 1 atom stereocenters. The van der Waals surface area contributed by atoms with Crippen LogP contribution >= 0.6 is 38.6 Å². The number of hydrogen-bond donors (Lipinski definition) is 0. The van der Waals surface area contributed by atoms with Gasteiger partial charge in [-0.15, -0.1) is 22.7 Å². The number of thiophene rings is 2. The van der Waals surface area contributed by atoms with Crippen LogP contribution in [0.5, 0.6) is 5.75 Å². The van der Waals surface area contributed by atoms with Crippen LogP contribution < -0.4 is 4.74 Å². The van der Waals surface area contributed by atoms with Crippen molar-refractivity contribution in [3.05, 3.63) is 51.7 Å². The number of rotatable bonds is 2. The lowest BCUT2D eigenvalue weighted by Crippen LogP contribution is -2.24. The number of fused-ring (bicyclic) bond motifs is 2. The summed E-state index contributed by atoms with van der Waals surface area (Å²) in [5.41, 5.74) is 2.55. The maximum atomic E-state index is 5.96. The van der Waals surface area contributed by atoms with E-state index in [1.54, 1.807) is 0 Å². The van der Waals surface area contributed by atoms with Crippen molar-refractivity contribution >= 4 is 48.0 Å². The Morgan fingerprint density at radius 1 is 1.19 bits per heavy atom. The van der Waals surface area contributed by atoms with E-state index in [-0.39, 0.29) is 10.4 Å². The Morgan fingerprint density at radius 2 is 2.05 bits per heavy atom. The molecule has 4 heteroatoms. The van der Waals surface area contributed by atoms with Crippen molar-refractivity contribution < 1.29 is 4.74 Å². The Balaban J connectivity index is 1.69. The van der Waals surface area contributed by atoms with E-state index in [1.807, 2.05) is 22.7 Å². The summed E-state index contributed by atoms with van der Waals surface area (Å²) >= 11 is 7.55. The Morgan fingerprint density at radius 3 is 2.86 bits per heavy atom. The summed E-state index contributed by atoms with van der Waals surface area (Å²) < 4.78 is 8.72. The third kappa shape index (κ3) is 2.43. The lowest BCUT2D eigenvalue weighted by Gasteiger charge is -2.16. The first-order chi connectivity index (χ1) is 10.0. The molecule has 3 aromatic rings. The summed E-state index contributed by atoms with van der Waals surface area (Å²) in [7, 11) is 0. The molecule has 4 rings (SSSR count). The van der Waals surface area contributed by atoms with Gasteiger partial charge < -0.3 is 4.74 Å². The monoisotopic (exact) mass is 378 g/mol. The van der Waals surface area contributed by atoms with Gasteiger partial charge in [0.1, 0.15) is 11.4 Å². The van der Waals surface area contributed by atoms with Crippen LogP contribution in [0.4, 0.5) is 0 Å². The molecule has 0 saturated heterocycles. The van der Waals surface area contributed by atoms with Crippen molar-refractivity contribution in [1.29, 1.82) is 0 Å². The van der Waals surface area contributed by atoms with Crippen LogP contribution in [-0.4, -0.2) is 5.60 Å². The number of alkyl halides is 1. The third-order valence-electron chi connectivity index (χ3n) is 3.79. The molecule has 3 heterocycles. The standard InChI is InChI=1S/C17H15BrOS2/c1-17(2)9-11-7-10(3-4-12(11)19-17)16(18)15-8-14-13(21-15)5-6-20-14/h3-8,16H,9H2,1-2H3. The molecule has 1 unspecified atom stereocenters. The number of hydrogen-bond acceptors (Lipinski definition) is 3. The molecule has 1 aromatic carbocycles. The predicted molar refractivity (Wildman–Crippen MR) is 95.3 cm³/mol. The van der Waals surface area contributed by atoms with E-state index in [2.05, 4.69) is 65.5 Å². The van der Waals surface area contributed by atoms with E-state index < -0.39 is 0 Å². The van der Waals surface area contributed by atoms with Gasteiger partial charge in [-0.3, -0.25) is 0 Å². The second kappa shape index (κ2) is 4.83. The summed E-state index contributed by atoms with van der Waals surface area (Å²) in [6.45, 7) is 4.29. The zero-order chi connectivity index (χ0) is 14.6. The van der Waals surface area contributed by atoms with E-state index >= 15 is 0 Å². The summed E-state index contributed by atoms with van der Waals surface area (Å²) in [6.07, 6.45) is 0.982. The average Bonchev–Trinajstić information content (AvgIpc) is 3.06. The van der Waals surface area contributed by atoms with Crippen molar-refractivity contribution in [3.63, 3.8) is 0 Å². The first kappa shape index (κ1) is 13.8. The smallest absolute Gasteiger partial charge is 0.123 e. The minimum absolute atomic E-state index is 0.0751. The quantitative estimate of drug-likeness (QED) is 0.485. The molecule has 0 aliphatic carbocycles. The van der Waals surface area contributed by atoms with Crippen LogP contribution in [0.2, 0.25) is 0 Å². The molecule has 0 bridgehead atoms. The molecule has 2 aromatic heterocycles. The minimum Gasteiger partial charge on any atom is -0.487 e. The van der Waals surface area contributed by atoms with Crippen LogP contribution in [0.15, 0.2) is 35.7 Å². The molecule has 0 amide bonds. The maximum absolute atomic E-state index is 5.96. The molecular formula is C17H15BrOS2. The van der Waals surface area contributed by atoms with Gasteiger partial charge in [-0.1, -0.05) is 28.1 Å². The molecule has 0 radical (unpaired) electrons. The van der Waals surface area contributed by atoms with Crippen LogP contribution in [0.3, 0.4) is 0 Å². The minimum atomic E-state index is -0.0751. The molecule has 1 aliphatic rings. The lowest BCUT2D eigenvalue weighted by atomic mass is 9.99. The molecule has 1 aliphatic heterocycles. The summed E-state index contributed by atoms with van der Waals surface area (Å²) in [6, 6.07) is 11.1. The van der Waals surface area contributed by atoms with E-state index in [1.165, 1.54) is 25.4 Å². The van der Waals surface area contributed by atoms with Crippen LogP contribution in [0, 0.1) is 0 Å². The van der Waals surface area contributed by atoms with Gasteiger partial charge in [0.25, 0.3) is 0 Å². The first-order valence-electron chi connectivity index (χ1n) is 6.95. The zero-order valence-corrected chi connectivity index (χ0v) is 15.1. The van der Waals surface area contributed by atoms with Gasteiger partial charge in [0.05, 0.1) is 4.83 Å². The Bertz CT molecular complexity index is 787. The third-order valence-corrected chi connectivity index (χ3v) is 7.27. The van der Waals surface area contributed by atoms with Crippen molar-refractivity contribution in [2.45, 2.75) is 30.7 Å². The highest BCUT2D eigenvalue weighted by Crippen LogP contribution is 2.42. The van der Waals surface area contributed by atoms with Crippen molar-refractivity contribution in [1.82, 2.24) is 0 Å². The molecule has 0 saturated carbocycles. The molecule has 0 N–H and O–H groups in total. The molecule has 0 spiro atoms. The summed E-state index contributed by atoms with van der Waals surface area (Å²) in [5, 5.41) is 2.16. The van der Waals surface area contributed by atoms with Gasteiger partial charge in [0, 0.05) is 20.7 Å². The van der Waals surface area contributed by atoms with Gasteiger partial charge in [0.15, 0.2) is 0 Å². The van der Waals surface area contributed by atoms with Gasteiger partial charge in [-0.25, -0.2) is 0 Å². The molecule has 0 fully saturated rings. The van der Waals surface area contributed by atoms with Crippen LogP contribution in [-0.2, 0) is 6.42 Å². The van der Waals surface area contributed by atoms with Crippen molar-refractivity contribution in [3.8, 4) is 5.75 Å². The summed E-state index contributed by atoms with van der Waals surface area (Å²) in [4.78, 5) is 1.63. The number of halogens is 1. The van der Waals surface area contributed by atoms with E-state index in [9.17, 15) is 0 Å². The zero-order valence-electron chi connectivity index (χ0n) is 11.9. The maximum Gasteiger partial charge on any atom is 0.123 e. The van der Waals surface area contributed by atoms with E-state index in [4.69, 9.17) is 4.74 Å². The van der Waals surface area contributed by atoms with Crippen molar-refractivity contribution in [2.75, 3.05) is 0 Å². The van der Waals surface area contributed by atoms with Gasteiger partial charge in [-0.05, 0) is 48.6 Å². The average molecular weight is 379 g/mol. The Hall–Kier alpha value is -0.840. The van der Waals surface area contributed by atoms with E-state index in [0.29, 0.717) is 0 Å². The summed E-state index contributed by atoms with van der Waals surface area (Å²) in [5.74, 6) is 1.04. The van der Waals surface area contributed by atoms with Gasteiger partial charge in [0.2, 0.25) is 0 Å². The normalized spacial score (nSPS) is 17.7. The van der Waals surface area contributed by atoms with Gasteiger partial charge in [-0.2, -0.15) is 0 Å². The van der Waals surface area contributed by atoms with Crippen molar-refractivity contribution in [2.24, 2.45) is 0 Å². The second-order valence-electron chi connectivity index (χ2n) is 6.07. The van der Waals surface area contributed by atoms with Crippen LogP contribution in [0.1, 0.15) is 34.7 Å². The SMILES string of the molecule is CC1(C)Cc2cc(C(Br)c3cc4sccc4s3)ccc2O1. The Kier molecular flexibility index (Phi) is 3.18. The Labute approximate surface area is 140 Å². The van der Waals surface area contributed by atoms with Crippen LogP contribution in [0.25, 0.3) is 9.40 Å². The fourth-order valence-electron chi connectivity index (χ4n) is 2.86. The van der Waals surface area contributed by atoms with E-state index in [0.717, 1.165) is 12.2 Å². The number of ether oxygens (including phenoxy) is 1. The van der Waals surface area contributed by atoms with Gasteiger partial charge >= 0.3 is 0 Å².